The van der Waals surface area contributed by atoms with Crippen molar-refractivity contribution in [2.75, 3.05) is 18.4 Å². The maximum atomic E-state index is 12.7. The number of carbonyl (C=O) groups excluding carboxylic acids is 1. The summed E-state index contributed by atoms with van der Waals surface area (Å²) in [5.74, 6) is 0.389. The minimum absolute atomic E-state index is 0.163. The molecule has 0 bridgehead atoms. The topological polar surface area (TPSA) is 48.1 Å². The van der Waals surface area contributed by atoms with Crippen LogP contribution in [0.3, 0.4) is 0 Å². The van der Waals surface area contributed by atoms with Crippen molar-refractivity contribution in [3.05, 3.63) is 63.2 Å². The molecule has 4 nitrogen and oxygen atoms in total. The van der Waals surface area contributed by atoms with E-state index in [2.05, 4.69) is 57.2 Å². The molecule has 0 aliphatic carbocycles. The Labute approximate surface area is 197 Å². The summed E-state index contributed by atoms with van der Waals surface area (Å²) < 4.78 is 0.777. The molecule has 3 aromatic rings. The minimum atomic E-state index is -0.163. The Bertz CT molecular complexity index is 1070. The van der Waals surface area contributed by atoms with Gasteiger partial charge in [0.15, 0.2) is 0 Å². The van der Waals surface area contributed by atoms with Gasteiger partial charge in [0.1, 0.15) is 0 Å². The Morgan fingerprint density at radius 3 is 2.61 bits per heavy atom. The number of hydrogen-bond acceptors (Lipinski definition) is 2. The molecular weight excluding hydrogens is 474 g/mol. The van der Waals surface area contributed by atoms with Crippen molar-refractivity contribution in [3.63, 3.8) is 0 Å². The molecule has 2 aromatic carbocycles. The maximum Gasteiger partial charge on any atom is 0.255 e. The number of carbonyl (C=O) groups is 1. The first-order valence-corrected chi connectivity index (χ1v) is 12.3. The van der Waals surface area contributed by atoms with E-state index in [1.807, 2.05) is 12.1 Å². The predicted octanol–water partition coefficient (Wildman–Crippen LogP) is 7.20. The van der Waals surface area contributed by atoms with Gasteiger partial charge in [0.05, 0.1) is 5.02 Å². The molecule has 31 heavy (non-hydrogen) atoms. The predicted molar refractivity (Wildman–Crippen MR) is 133 cm³/mol. The van der Waals surface area contributed by atoms with Crippen molar-refractivity contribution in [2.45, 2.75) is 51.5 Å². The van der Waals surface area contributed by atoms with E-state index in [-0.39, 0.29) is 5.91 Å². The molecule has 0 saturated carbocycles. The van der Waals surface area contributed by atoms with Crippen LogP contribution in [0, 0.1) is 0 Å². The Morgan fingerprint density at radius 2 is 1.94 bits per heavy atom. The van der Waals surface area contributed by atoms with Gasteiger partial charge < -0.3 is 15.2 Å². The van der Waals surface area contributed by atoms with Gasteiger partial charge in [0, 0.05) is 38.9 Å². The van der Waals surface area contributed by atoms with E-state index in [4.69, 9.17) is 11.6 Å². The number of piperidine rings is 1. The summed E-state index contributed by atoms with van der Waals surface area (Å²) in [5.41, 5.74) is 3.81. The fraction of sp³-hybridized carbons (Fsp3) is 0.400. The van der Waals surface area contributed by atoms with E-state index in [9.17, 15) is 4.79 Å². The Hall–Kier alpha value is -1.82. The number of nitrogens with zero attached hydrogens (tertiary/aromatic N) is 1. The second-order valence-electron chi connectivity index (χ2n) is 8.37. The highest BCUT2D eigenvalue weighted by Crippen LogP contribution is 2.35. The van der Waals surface area contributed by atoms with Crippen LogP contribution in [-0.2, 0) is 0 Å². The average Bonchev–Trinajstić information content (AvgIpc) is 3.20. The van der Waals surface area contributed by atoms with Gasteiger partial charge in [0.25, 0.3) is 5.91 Å². The van der Waals surface area contributed by atoms with E-state index in [0.717, 1.165) is 28.8 Å². The molecule has 1 aliphatic rings. The molecule has 0 spiro atoms. The molecule has 164 valence electrons. The second-order valence-corrected chi connectivity index (χ2v) is 9.63. The number of H-pyrrole nitrogens is 1. The van der Waals surface area contributed by atoms with E-state index >= 15 is 0 Å². The van der Waals surface area contributed by atoms with Crippen molar-refractivity contribution in [3.8, 4) is 0 Å². The fourth-order valence-corrected chi connectivity index (χ4v) is 5.21. The summed E-state index contributed by atoms with van der Waals surface area (Å²) in [5, 5.41) is 4.74. The smallest absolute Gasteiger partial charge is 0.255 e. The van der Waals surface area contributed by atoms with E-state index < -0.39 is 0 Å². The lowest BCUT2D eigenvalue weighted by molar-refractivity contribution is 0.102. The number of rotatable bonds is 6. The van der Waals surface area contributed by atoms with Gasteiger partial charge in [-0.25, -0.2) is 0 Å². The highest BCUT2D eigenvalue weighted by atomic mass is 79.9. The highest BCUT2D eigenvalue weighted by Gasteiger charge is 2.25. The van der Waals surface area contributed by atoms with Gasteiger partial charge in [-0.2, -0.15) is 0 Å². The molecule has 1 saturated heterocycles. The molecule has 0 unspecified atom stereocenters. The summed E-state index contributed by atoms with van der Waals surface area (Å²) in [6, 6.07) is 12.0. The molecular formula is C25H29BrClN3O. The SMILES string of the molecule is CCC(CC)N1CCC(c2c[nH]c3ccc(NC(=O)c4ccc(Br)c(Cl)c4)cc23)CC1. The average molecular weight is 503 g/mol. The first-order chi connectivity index (χ1) is 15.0. The van der Waals surface area contributed by atoms with Gasteiger partial charge in [-0.15, -0.1) is 0 Å². The number of halogens is 2. The van der Waals surface area contributed by atoms with Crippen LogP contribution in [0.1, 0.15) is 61.4 Å². The van der Waals surface area contributed by atoms with E-state index in [0.29, 0.717) is 22.5 Å². The number of anilines is 1. The molecule has 1 aromatic heterocycles. The number of aromatic nitrogens is 1. The monoisotopic (exact) mass is 501 g/mol. The summed E-state index contributed by atoms with van der Waals surface area (Å²) in [6.45, 7) is 6.89. The van der Waals surface area contributed by atoms with E-state index in [1.165, 1.54) is 36.6 Å². The fourth-order valence-electron chi connectivity index (χ4n) is 4.78. The molecule has 4 rings (SSSR count). The third-order valence-electron chi connectivity index (χ3n) is 6.58. The number of hydrogen-bond donors (Lipinski definition) is 2. The number of fused-ring (bicyclic) bond motifs is 1. The molecule has 1 amide bonds. The summed E-state index contributed by atoms with van der Waals surface area (Å²) in [7, 11) is 0. The normalized spacial score (nSPS) is 15.6. The standard InChI is InChI=1S/C25H29BrClN3O/c1-3-19(4-2)30-11-9-16(10-12-30)21-15-28-24-8-6-18(14-20(21)24)29-25(31)17-5-7-22(26)23(27)13-17/h5-8,13-16,19,28H,3-4,9-12H2,1-2H3,(H,29,31). The van der Waals surface area contributed by atoms with Crippen LogP contribution in [0.25, 0.3) is 10.9 Å². The Balaban J connectivity index is 1.50. The number of benzene rings is 2. The van der Waals surface area contributed by atoms with E-state index in [1.54, 1.807) is 18.2 Å². The van der Waals surface area contributed by atoms with Gasteiger partial charge in [0.2, 0.25) is 0 Å². The highest BCUT2D eigenvalue weighted by molar-refractivity contribution is 9.10. The third-order valence-corrected chi connectivity index (χ3v) is 7.81. The van der Waals surface area contributed by atoms with Crippen molar-refractivity contribution in [1.82, 2.24) is 9.88 Å². The molecule has 0 atom stereocenters. The van der Waals surface area contributed by atoms with Gasteiger partial charge in [-0.05, 0) is 103 Å². The zero-order chi connectivity index (χ0) is 22.0. The molecule has 1 fully saturated rings. The molecule has 2 N–H and O–H groups in total. The lowest BCUT2D eigenvalue weighted by Gasteiger charge is -2.37. The van der Waals surface area contributed by atoms with Crippen LogP contribution in [-0.4, -0.2) is 34.9 Å². The Kier molecular flexibility index (Phi) is 7.05. The lowest BCUT2D eigenvalue weighted by atomic mass is 9.88. The zero-order valence-corrected chi connectivity index (χ0v) is 20.4. The van der Waals surface area contributed by atoms with Crippen LogP contribution < -0.4 is 5.32 Å². The van der Waals surface area contributed by atoms with Crippen molar-refractivity contribution in [1.29, 1.82) is 0 Å². The Morgan fingerprint density at radius 1 is 1.19 bits per heavy atom. The summed E-state index contributed by atoms with van der Waals surface area (Å²) >= 11 is 9.51. The number of aromatic amines is 1. The number of amides is 1. The van der Waals surface area contributed by atoms with Gasteiger partial charge in [-0.3, -0.25) is 4.79 Å². The largest absolute Gasteiger partial charge is 0.361 e. The number of nitrogens with one attached hydrogen (secondary N) is 2. The van der Waals surface area contributed by atoms with Crippen molar-refractivity contribution < 1.29 is 4.79 Å². The molecule has 1 aliphatic heterocycles. The van der Waals surface area contributed by atoms with Crippen molar-refractivity contribution in [2.24, 2.45) is 0 Å². The van der Waals surface area contributed by atoms with Crippen LogP contribution in [0.4, 0.5) is 5.69 Å². The minimum Gasteiger partial charge on any atom is -0.361 e. The van der Waals surface area contributed by atoms with Gasteiger partial charge in [-0.1, -0.05) is 25.4 Å². The quantitative estimate of drug-likeness (QED) is 0.374. The summed E-state index contributed by atoms with van der Waals surface area (Å²) in [4.78, 5) is 18.8. The van der Waals surface area contributed by atoms with Crippen LogP contribution in [0.5, 0.6) is 0 Å². The van der Waals surface area contributed by atoms with Crippen LogP contribution in [0.15, 0.2) is 47.1 Å². The summed E-state index contributed by atoms with van der Waals surface area (Å²) in [6.07, 6.45) is 6.96. The second kappa shape index (κ2) is 9.76. The third kappa shape index (κ3) is 4.84. The first-order valence-electron chi connectivity index (χ1n) is 11.1. The van der Waals surface area contributed by atoms with Crippen molar-refractivity contribution >= 4 is 50.0 Å². The molecule has 2 heterocycles. The van der Waals surface area contributed by atoms with Crippen LogP contribution >= 0.6 is 27.5 Å². The van der Waals surface area contributed by atoms with Gasteiger partial charge >= 0.3 is 0 Å². The maximum absolute atomic E-state index is 12.7. The molecule has 6 heteroatoms. The lowest BCUT2D eigenvalue weighted by Crippen LogP contribution is -2.40. The number of likely N-dealkylation sites (tertiary alicyclic amines) is 1. The first kappa shape index (κ1) is 22.4. The molecule has 0 radical (unpaired) electrons. The zero-order valence-electron chi connectivity index (χ0n) is 18.1. The van der Waals surface area contributed by atoms with Crippen LogP contribution in [0.2, 0.25) is 5.02 Å².